The van der Waals surface area contributed by atoms with E-state index >= 15 is 0 Å². The third-order valence-corrected chi connectivity index (χ3v) is 3.89. The molecule has 1 aromatic heterocycles. The molecule has 6 heteroatoms. The molecule has 0 aliphatic rings. The molecular formula is C14H16N2O3S. The molecule has 0 atom stereocenters. The molecule has 1 aromatic carbocycles. The van der Waals surface area contributed by atoms with Gasteiger partial charge in [-0.2, -0.15) is 0 Å². The first-order valence-corrected chi connectivity index (χ1v) is 6.85. The number of nitrogens with zero attached hydrogens (tertiary/aromatic N) is 2. The molecule has 0 N–H and O–H groups in total. The Kier molecular flexibility index (Phi) is 4.84. The van der Waals surface area contributed by atoms with Crippen molar-refractivity contribution in [2.45, 2.75) is 6.61 Å². The number of hydroxylamine groups is 2. The van der Waals surface area contributed by atoms with Crippen LogP contribution in [-0.4, -0.2) is 37.2 Å². The first-order valence-electron chi connectivity index (χ1n) is 6.03. The smallest absolute Gasteiger partial charge is 0.289 e. The zero-order chi connectivity index (χ0) is 14.5. The van der Waals surface area contributed by atoms with Gasteiger partial charge in [-0.15, -0.1) is 11.3 Å². The molecule has 0 aliphatic carbocycles. The van der Waals surface area contributed by atoms with Gasteiger partial charge in [0, 0.05) is 19.7 Å². The molecular weight excluding hydrogens is 276 g/mol. The van der Waals surface area contributed by atoms with Crippen LogP contribution in [-0.2, 0) is 16.2 Å². The van der Waals surface area contributed by atoms with Gasteiger partial charge in [-0.05, 0) is 0 Å². The minimum absolute atomic E-state index is 0.223. The van der Waals surface area contributed by atoms with Crippen molar-refractivity contribution in [3.8, 4) is 10.6 Å². The van der Waals surface area contributed by atoms with Crippen LogP contribution in [0.3, 0.4) is 0 Å². The lowest BCUT2D eigenvalue weighted by Gasteiger charge is -2.12. The highest BCUT2D eigenvalue weighted by atomic mass is 32.1. The average Bonchev–Trinajstić information content (AvgIpc) is 2.91. The van der Waals surface area contributed by atoms with Gasteiger partial charge in [0.15, 0.2) is 0 Å². The fourth-order valence-corrected chi connectivity index (χ4v) is 2.72. The van der Waals surface area contributed by atoms with Crippen molar-refractivity contribution in [2.75, 3.05) is 21.3 Å². The quantitative estimate of drug-likeness (QED) is 0.795. The number of carbonyl (C=O) groups excluding carboxylic acids is 1. The van der Waals surface area contributed by atoms with Crippen LogP contribution < -0.4 is 0 Å². The topological polar surface area (TPSA) is 51.7 Å². The first kappa shape index (κ1) is 14.6. The predicted molar refractivity (Wildman–Crippen MR) is 77.4 cm³/mol. The SMILES string of the molecule is COCc1nc(-c2ccccc2)sc1C(=O)N(C)OC. The lowest BCUT2D eigenvalue weighted by atomic mass is 10.2. The number of thiazole rings is 1. The lowest BCUT2D eigenvalue weighted by molar-refractivity contribution is -0.0755. The zero-order valence-corrected chi connectivity index (χ0v) is 12.4. The molecule has 0 radical (unpaired) electrons. The van der Waals surface area contributed by atoms with Gasteiger partial charge in [0.2, 0.25) is 0 Å². The number of carbonyl (C=O) groups is 1. The van der Waals surface area contributed by atoms with Crippen molar-refractivity contribution >= 4 is 17.2 Å². The van der Waals surface area contributed by atoms with Gasteiger partial charge in [0.25, 0.3) is 5.91 Å². The van der Waals surface area contributed by atoms with Crippen LogP contribution in [0.1, 0.15) is 15.4 Å². The molecule has 1 heterocycles. The van der Waals surface area contributed by atoms with Crippen molar-refractivity contribution in [2.24, 2.45) is 0 Å². The van der Waals surface area contributed by atoms with Gasteiger partial charge in [0.05, 0.1) is 19.4 Å². The largest absolute Gasteiger partial charge is 0.378 e. The van der Waals surface area contributed by atoms with Crippen molar-refractivity contribution < 1.29 is 14.4 Å². The van der Waals surface area contributed by atoms with Gasteiger partial charge < -0.3 is 4.74 Å². The Morgan fingerprint density at radius 2 is 2.00 bits per heavy atom. The molecule has 2 aromatic rings. The van der Waals surface area contributed by atoms with E-state index in [0.717, 1.165) is 10.6 Å². The fraction of sp³-hybridized carbons (Fsp3) is 0.286. The fourth-order valence-electron chi connectivity index (χ4n) is 1.68. The molecule has 0 aliphatic heterocycles. The van der Waals surface area contributed by atoms with Gasteiger partial charge >= 0.3 is 0 Å². The summed E-state index contributed by atoms with van der Waals surface area (Å²) in [7, 11) is 4.60. The van der Waals surface area contributed by atoms with Crippen LogP contribution >= 0.6 is 11.3 Å². The van der Waals surface area contributed by atoms with E-state index in [2.05, 4.69) is 4.98 Å². The summed E-state index contributed by atoms with van der Waals surface area (Å²) in [5, 5.41) is 1.98. The highest BCUT2D eigenvalue weighted by molar-refractivity contribution is 7.17. The number of aromatic nitrogens is 1. The highest BCUT2D eigenvalue weighted by Crippen LogP contribution is 2.29. The molecule has 5 nitrogen and oxygen atoms in total. The minimum Gasteiger partial charge on any atom is -0.378 e. The summed E-state index contributed by atoms with van der Waals surface area (Å²) < 4.78 is 5.11. The maximum Gasteiger partial charge on any atom is 0.289 e. The zero-order valence-electron chi connectivity index (χ0n) is 11.6. The third kappa shape index (κ3) is 3.04. The van der Waals surface area contributed by atoms with E-state index in [1.165, 1.54) is 23.5 Å². The van der Waals surface area contributed by atoms with Crippen LogP contribution in [0.2, 0.25) is 0 Å². The van der Waals surface area contributed by atoms with Crippen molar-refractivity contribution in [1.29, 1.82) is 0 Å². The van der Waals surface area contributed by atoms with E-state index in [1.807, 2.05) is 30.3 Å². The first-order chi connectivity index (χ1) is 9.67. The Balaban J connectivity index is 2.41. The molecule has 0 saturated heterocycles. The highest BCUT2D eigenvalue weighted by Gasteiger charge is 2.21. The monoisotopic (exact) mass is 292 g/mol. The van der Waals surface area contributed by atoms with E-state index < -0.39 is 0 Å². The van der Waals surface area contributed by atoms with E-state index in [1.54, 1.807) is 14.2 Å². The van der Waals surface area contributed by atoms with Crippen LogP contribution in [0, 0.1) is 0 Å². The molecule has 0 bridgehead atoms. The second kappa shape index (κ2) is 6.60. The number of amides is 1. The van der Waals surface area contributed by atoms with Crippen molar-refractivity contribution in [1.82, 2.24) is 10.0 Å². The second-order valence-electron chi connectivity index (χ2n) is 4.08. The van der Waals surface area contributed by atoms with E-state index in [4.69, 9.17) is 9.57 Å². The Bertz CT molecular complexity index is 583. The molecule has 2 rings (SSSR count). The number of ether oxygens (including phenoxy) is 1. The van der Waals surface area contributed by atoms with Crippen LogP contribution in [0.5, 0.6) is 0 Å². The summed E-state index contributed by atoms with van der Waals surface area (Å²) >= 11 is 1.34. The van der Waals surface area contributed by atoms with Crippen LogP contribution in [0.4, 0.5) is 0 Å². The van der Waals surface area contributed by atoms with E-state index in [9.17, 15) is 4.79 Å². The summed E-state index contributed by atoms with van der Waals surface area (Å²) in [5.74, 6) is -0.223. The van der Waals surface area contributed by atoms with Gasteiger partial charge in [-0.3, -0.25) is 9.63 Å². The summed E-state index contributed by atoms with van der Waals surface area (Å²) in [6.07, 6.45) is 0. The number of benzene rings is 1. The number of hydrogen-bond donors (Lipinski definition) is 0. The molecule has 0 saturated carbocycles. The Hall–Kier alpha value is -1.76. The maximum absolute atomic E-state index is 12.2. The summed E-state index contributed by atoms with van der Waals surface area (Å²) in [6, 6.07) is 9.75. The average molecular weight is 292 g/mol. The number of hydrogen-bond acceptors (Lipinski definition) is 5. The number of rotatable bonds is 5. The van der Waals surface area contributed by atoms with Crippen molar-refractivity contribution in [3.05, 3.63) is 40.9 Å². The van der Waals surface area contributed by atoms with Crippen LogP contribution in [0.15, 0.2) is 30.3 Å². The van der Waals surface area contributed by atoms with Gasteiger partial charge in [-0.1, -0.05) is 30.3 Å². The molecule has 20 heavy (non-hydrogen) atoms. The Morgan fingerprint density at radius 3 is 2.60 bits per heavy atom. The molecule has 106 valence electrons. The van der Waals surface area contributed by atoms with E-state index in [0.29, 0.717) is 17.2 Å². The third-order valence-electron chi connectivity index (χ3n) is 2.75. The molecule has 0 fully saturated rings. The standard InChI is InChI=1S/C14H16N2O3S/c1-16(19-3)14(17)12-11(9-18-2)15-13(20-12)10-7-5-4-6-8-10/h4-8H,9H2,1-3H3. The predicted octanol–water partition coefficient (Wildman–Crippen LogP) is 2.59. The number of methoxy groups -OCH3 is 1. The Morgan fingerprint density at radius 1 is 1.30 bits per heavy atom. The normalized spacial score (nSPS) is 10.6. The van der Waals surface area contributed by atoms with Gasteiger partial charge in [0.1, 0.15) is 9.88 Å². The second-order valence-corrected chi connectivity index (χ2v) is 5.08. The summed E-state index contributed by atoms with van der Waals surface area (Å²) in [6.45, 7) is 0.294. The van der Waals surface area contributed by atoms with Gasteiger partial charge in [-0.25, -0.2) is 10.0 Å². The van der Waals surface area contributed by atoms with E-state index in [-0.39, 0.29) is 5.91 Å². The van der Waals surface area contributed by atoms with Crippen LogP contribution in [0.25, 0.3) is 10.6 Å². The minimum atomic E-state index is -0.223. The maximum atomic E-state index is 12.2. The summed E-state index contributed by atoms with van der Waals surface area (Å²) in [4.78, 5) is 22.2. The lowest BCUT2D eigenvalue weighted by Crippen LogP contribution is -2.25. The molecule has 0 spiro atoms. The summed E-state index contributed by atoms with van der Waals surface area (Å²) in [5.41, 5.74) is 1.61. The molecule has 0 unspecified atom stereocenters. The van der Waals surface area contributed by atoms with Crippen molar-refractivity contribution in [3.63, 3.8) is 0 Å². The Labute approximate surface area is 121 Å². The molecule has 1 amide bonds.